The Hall–Kier alpha value is 0.394. The third-order valence-corrected chi connectivity index (χ3v) is 6.31. The molecule has 0 saturated heterocycles. The Bertz CT molecular complexity index is 165. The second kappa shape index (κ2) is 16.4. The van der Waals surface area contributed by atoms with Gasteiger partial charge in [0.25, 0.3) is 0 Å². The molecule has 0 aliphatic carbocycles. The fourth-order valence-corrected chi connectivity index (χ4v) is 5.43. The minimum Gasteiger partial charge on any atom is -0.468 e. The van der Waals surface area contributed by atoms with Gasteiger partial charge >= 0.3 is 0 Å². The summed E-state index contributed by atoms with van der Waals surface area (Å²) in [6.07, 6.45) is 18.9. The van der Waals surface area contributed by atoms with E-state index in [0.717, 1.165) is 16.0 Å². The molecule has 0 aliphatic rings. The Morgan fingerprint density at radius 3 is 1.63 bits per heavy atom. The zero-order valence-corrected chi connectivity index (χ0v) is 17.3. The van der Waals surface area contributed by atoms with Crippen molar-refractivity contribution in [2.75, 3.05) is 0 Å². The Balaban J connectivity index is 2.99. The smallest absolute Gasteiger partial charge is 0.148 e. The van der Waals surface area contributed by atoms with Gasteiger partial charge in [-0.1, -0.05) is 97.3 Å². The van der Waals surface area contributed by atoms with Crippen molar-refractivity contribution in [3.63, 3.8) is 0 Å². The van der Waals surface area contributed by atoms with E-state index in [1.807, 2.05) is 0 Å². The minimum absolute atomic E-state index is 0.152. The first kappa shape index (κ1) is 19.4. The molecule has 0 aromatic rings. The average Bonchev–Trinajstić information content (AvgIpc) is 2.40. The van der Waals surface area contributed by atoms with E-state index >= 15 is 0 Å². The molecule has 0 heterocycles. The molecule has 1 atom stereocenters. The molecule has 0 aromatic carbocycles. The number of hydrogen-bond acceptors (Lipinski definition) is 1. The van der Waals surface area contributed by atoms with Crippen molar-refractivity contribution in [2.45, 2.75) is 103 Å². The number of hydrogen-bond donors (Lipinski definition) is 0. The van der Waals surface area contributed by atoms with Crippen molar-refractivity contribution in [3.8, 4) is 0 Å². The molecule has 0 bridgehead atoms. The van der Waals surface area contributed by atoms with Gasteiger partial charge in [-0.3, -0.25) is 0 Å². The lowest BCUT2D eigenvalue weighted by Crippen LogP contribution is -2.02. The number of unbranched alkanes of at least 4 members (excludes halogenated alkanes) is 11. The first-order valence-electron chi connectivity index (χ1n) is 8.80. The minimum atomic E-state index is -0.152. The van der Waals surface area contributed by atoms with E-state index in [-0.39, 0.29) is 9.76 Å². The van der Waals surface area contributed by atoms with E-state index in [4.69, 9.17) is 4.12 Å². The Kier molecular flexibility index (Phi) is 16.8. The van der Waals surface area contributed by atoms with Crippen LogP contribution in [0.4, 0.5) is 0 Å². The molecule has 0 N–H and O–H groups in total. The molecule has 19 heavy (non-hydrogen) atoms. The predicted molar refractivity (Wildman–Crippen MR) is 94.7 cm³/mol. The maximum absolute atomic E-state index is 5.44. The van der Waals surface area contributed by atoms with Crippen LogP contribution in [-0.4, -0.2) is 20.2 Å². The molecule has 3 heteroatoms. The van der Waals surface area contributed by atoms with Crippen LogP contribution in [-0.2, 0) is 4.12 Å². The van der Waals surface area contributed by atoms with Crippen LogP contribution in [0.25, 0.3) is 0 Å². The SMILES string of the molecule is CCCCCCCCCCCCCCC(C)[SiH2]O[SiH3]. The largest absolute Gasteiger partial charge is 0.468 e. The molecule has 116 valence electrons. The molecule has 0 radical (unpaired) electrons. The fraction of sp³-hybridized carbons (Fsp3) is 1.00. The van der Waals surface area contributed by atoms with Gasteiger partial charge in [-0.15, -0.1) is 0 Å². The van der Waals surface area contributed by atoms with E-state index in [2.05, 4.69) is 13.8 Å². The zero-order valence-electron chi connectivity index (χ0n) is 13.9. The Labute approximate surface area is 127 Å². The predicted octanol–water partition coefficient (Wildman–Crippen LogP) is 4.27. The number of rotatable bonds is 15. The highest BCUT2D eigenvalue weighted by Gasteiger charge is 2.01. The van der Waals surface area contributed by atoms with E-state index in [9.17, 15) is 0 Å². The van der Waals surface area contributed by atoms with Gasteiger partial charge in [0.2, 0.25) is 0 Å². The van der Waals surface area contributed by atoms with Crippen LogP contribution < -0.4 is 0 Å². The molecule has 0 amide bonds. The van der Waals surface area contributed by atoms with Gasteiger partial charge in [-0.2, -0.15) is 0 Å². The van der Waals surface area contributed by atoms with Crippen LogP contribution in [0.3, 0.4) is 0 Å². The molecule has 0 aromatic heterocycles. The lowest BCUT2D eigenvalue weighted by molar-refractivity contribution is 0.533. The van der Waals surface area contributed by atoms with Crippen molar-refractivity contribution in [1.29, 1.82) is 0 Å². The summed E-state index contributed by atoms with van der Waals surface area (Å²) >= 11 is 0. The molecular formula is C16H38OSi2. The van der Waals surface area contributed by atoms with Crippen molar-refractivity contribution in [3.05, 3.63) is 0 Å². The molecule has 0 spiro atoms. The summed E-state index contributed by atoms with van der Waals surface area (Å²) in [7, 11) is 0.808. The van der Waals surface area contributed by atoms with Gasteiger partial charge in [0, 0.05) is 0 Å². The molecule has 1 nitrogen and oxygen atoms in total. The molecule has 0 rings (SSSR count). The van der Waals surface area contributed by atoms with E-state index < -0.39 is 0 Å². The van der Waals surface area contributed by atoms with Crippen LogP contribution in [0.2, 0.25) is 5.54 Å². The second-order valence-corrected chi connectivity index (χ2v) is 10.3. The zero-order chi connectivity index (χ0) is 14.2. The molecule has 0 saturated carbocycles. The van der Waals surface area contributed by atoms with Gasteiger partial charge in [-0.25, -0.2) is 0 Å². The quantitative estimate of drug-likeness (QED) is 0.324. The van der Waals surface area contributed by atoms with Gasteiger partial charge in [0.1, 0.15) is 20.2 Å². The first-order valence-corrected chi connectivity index (χ1v) is 11.0. The summed E-state index contributed by atoms with van der Waals surface area (Å²) in [6.45, 7) is 4.67. The lowest BCUT2D eigenvalue weighted by atomic mass is 10.0. The lowest BCUT2D eigenvalue weighted by Gasteiger charge is -2.08. The highest BCUT2D eigenvalue weighted by atomic mass is 28.3. The Morgan fingerprint density at radius 1 is 0.789 bits per heavy atom. The van der Waals surface area contributed by atoms with Gasteiger partial charge in [-0.05, 0) is 5.54 Å². The highest BCUT2D eigenvalue weighted by molar-refractivity contribution is 6.35. The van der Waals surface area contributed by atoms with Gasteiger partial charge in [0.15, 0.2) is 0 Å². The van der Waals surface area contributed by atoms with Crippen molar-refractivity contribution in [1.82, 2.24) is 0 Å². The van der Waals surface area contributed by atoms with Gasteiger partial charge in [0.05, 0.1) is 0 Å². The summed E-state index contributed by atoms with van der Waals surface area (Å²) in [4.78, 5) is 0. The third kappa shape index (κ3) is 16.3. The second-order valence-electron chi connectivity index (χ2n) is 6.24. The summed E-state index contributed by atoms with van der Waals surface area (Å²) in [5.74, 6) is 0. The highest BCUT2D eigenvalue weighted by Crippen LogP contribution is 2.16. The van der Waals surface area contributed by atoms with Gasteiger partial charge < -0.3 is 4.12 Å². The van der Waals surface area contributed by atoms with E-state index in [1.165, 1.54) is 83.5 Å². The Morgan fingerprint density at radius 2 is 1.21 bits per heavy atom. The van der Waals surface area contributed by atoms with Crippen LogP contribution in [0.15, 0.2) is 0 Å². The van der Waals surface area contributed by atoms with Crippen molar-refractivity contribution < 1.29 is 4.12 Å². The molecule has 1 unspecified atom stereocenters. The maximum Gasteiger partial charge on any atom is 0.148 e. The summed E-state index contributed by atoms with van der Waals surface area (Å²) in [5, 5.41) is 0. The van der Waals surface area contributed by atoms with Crippen LogP contribution in [0.5, 0.6) is 0 Å². The van der Waals surface area contributed by atoms with Crippen molar-refractivity contribution in [2.24, 2.45) is 0 Å². The normalized spacial score (nSPS) is 13.6. The topological polar surface area (TPSA) is 9.23 Å². The monoisotopic (exact) mass is 302 g/mol. The summed E-state index contributed by atoms with van der Waals surface area (Å²) < 4.78 is 5.44. The average molecular weight is 303 g/mol. The summed E-state index contributed by atoms with van der Waals surface area (Å²) in [5.41, 5.74) is 0.917. The van der Waals surface area contributed by atoms with E-state index in [1.54, 1.807) is 0 Å². The maximum atomic E-state index is 5.44. The van der Waals surface area contributed by atoms with Crippen LogP contribution >= 0.6 is 0 Å². The molecule has 0 aliphatic heterocycles. The molecule has 0 fully saturated rings. The summed E-state index contributed by atoms with van der Waals surface area (Å²) in [6, 6.07) is 0. The first-order chi connectivity index (χ1) is 9.31. The third-order valence-electron chi connectivity index (χ3n) is 4.00. The van der Waals surface area contributed by atoms with Crippen LogP contribution in [0.1, 0.15) is 97.3 Å². The van der Waals surface area contributed by atoms with Crippen molar-refractivity contribution >= 4 is 20.2 Å². The standard InChI is InChI=1S/C16H38OSi2/c1-3-4-5-6-7-8-9-10-11-12-13-14-15-16(2)19-17-18/h16H,3-15,19H2,1-2,18H3. The fourth-order valence-electron chi connectivity index (χ4n) is 2.70. The van der Waals surface area contributed by atoms with E-state index in [0.29, 0.717) is 0 Å². The van der Waals surface area contributed by atoms with Crippen LogP contribution in [0, 0.1) is 0 Å². The molecular weight excluding hydrogens is 264 g/mol.